The molecule has 0 bridgehead atoms. The van der Waals surface area contributed by atoms with Crippen molar-refractivity contribution in [2.24, 2.45) is 0 Å². The second-order valence-electron chi connectivity index (χ2n) is 7.50. The van der Waals surface area contributed by atoms with E-state index in [4.69, 9.17) is 10.00 Å². The summed E-state index contributed by atoms with van der Waals surface area (Å²) in [5.41, 5.74) is 2.29. The monoisotopic (exact) mass is 477 g/mol. The van der Waals surface area contributed by atoms with Crippen molar-refractivity contribution in [2.75, 3.05) is 22.8 Å². The van der Waals surface area contributed by atoms with Crippen LogP contribution in [0, 0.1) is 25.2 Å². The fraction of sp³-hybridized carbons (Fsp3) is 0.160. The number of nitrogens with one attached hydrogen (secondary N) is 1. The van der Waals surface area contributed by atoms with Gasteiger partial charge in [0.15, 0.2) is 6.61 Å². The Morgan fingerprint density at radius 1 is 1.00 bits per heavy atom. The van der Waals surface area contributed by atoms with Crippen LogP contribution in [0.3, 0.4) is 0 Å². The molecule has 34 heavy (non-hydrogen) atoms. The Labute approximate surface area is 198 Å². The number of ether oxygens (including phenoxy) is 1. The van der Waals surface area contributed by atoms with Crippen molar-refractivity contribution < 1.29 is 22.7 Å². The summed E-state index contributed by atoms with van der Waals surface area (Å²) in [5.74, 6) is -1.42. The third-order valence-electron chi connectivity index (χ3n) is 4.93. The molecule has 0 saturated carbocycles. The zero-order chi connectivity index (χ0) is 24.7. The Bertz CT molecular complexity index is 1350. The lowest BCUT2D eigenvalue weighted by atomic mass is 10.1. The first-order valence-corrected chi connectivity index (χ1v) is 11.8. The number of anilines is 2. The molecule has 0 heterocycles. The smallest absolute Gasteiger partial charge is 0.338 e. The maximum absolute atomic E-state index is 12.8. The van der Waals surface area contributed by atoms with Crippen LogP contribution in [0.25, 0.3) is 0 Å². The van der Waals surface area contributed by atoms with Gasteiger partial charge < -0.3 is 4.74 Å². The molecule has 0 aliphatic carbocycles. The van der Waals surface area contributed by atoms with Crippen LogP contribution in [0.2, 0.25) is 0 Å². The summed E-state index contributed by atoms with van der Waals surface area (Å²) >= 11 is 0. The molecule has 9 heteroatoms. The molecule has 3 aromatic rings. The Hall–Kier alpha value is -4.16. The van der Waals surface area contributed by atoms with Crippen molar-refractivity contribution in [3.8, 4) is 6.07 Å². The topological polar surface area (TPSA) is 117 Å². The Morgan fingerprint density at radius 3 is 2.41 bits per heavy atom. The highest BCUT2D eigenvalue weighted by atomic mass is 32.2. The quantitative estimate of drug-likeness (QED) is 0.389. The molecular formula is C25H23N3O5S. The molecule has 0 unspecified atom stereocenters. The van der Waals surface area contributed by atoms with Crippen LogP contribution in [-0.4, -0.2) is 33.4 Å². The van der Waals surface area contributed by atoms with E-state index < -0.39 is 28.5 Å². The minimum atomic E-state index is -3.96. The second-order valence-corrected chi connectivity index (χ2v) is 9.18. The van der Waals surface area contributed by atoms with Gasteiger partial charge in [-0.05, 0) is 61.4 Å². The number of benzene rings is 3. The number of hydrogen-bond acceptors (Lipinski definition) is 6. The number of nitrogens with zero attached hydrogens (tertiary/aromatic N) is 2. The Balaban J connectivity index is 1.75. The van der Waals surface area contributed by atoms with E-state index in [0.717, 1.165) is 5.56 Å². The molecule has 0 fully saturated rings. The van der Waals surface area contributed by atoms with Crippen molar-refractivity contribution in [3.63, 3.8) is 0 Å². The number of nitriles is 1. The molecule has 3 rings (SSSR count). The predicted octanol–water partition coefficient (Wildman–Crippen LogP) is 3.82. The molecule has 3 aromatic carbocycles. The van der Waals surface area contributed by atoms with Gasteiger partial charge in [0, 0.05) is 11.4 Å². The van der Waals surface area contributed by atoms with Crippen LogP contribution in [0.1, 0.15) is 21.5 Å². The molecule has 0 atom stereocenters. The summed E-state index contributed by atoms with van der Waals surface area (Å²) in [6, 6.07) is 21.4. The average molecular weight is 478 g/mol. The molecule has 0 radical (unpaired) electrons. The van der Waals surface area contributed by atoms with Crippen molar-refractivity contribution in [1.29, 1.82) is 5.26 Å². The zero-order valence-corrected chi connectivity index (χ0v) is 19.5. The number of amides is 1. The lowest BCUT2D eigenvalue weighted by Gasteiger charge is -2.19. The molecule has 174 valence electrons. The summed E-state index contributed by atoms with van der Waals surface area (Å²) in [6.45, 7) is 2.66. The first kappa shape index (κ1) is 24.5. The van der Waals surface area contributed by atoms with E-state index in [1.807, 2.05) is 19.1 Å². The highest BCUT2D eigenvalue weighted by Crippen LogP contribution is 2.21. The summed E-state index contributed by atoms with van der Waals surface area (Å²) in [6.07, 6.45) is 0. The van der Waals surface area contributed by atoms with Crippen molar-refractivity contribution >= 4 is 33.3 Å². The van der Waals surface area contributed by atoms with Gasteiger partial charge in [-0.15, -0.1) is 0 Å². The van der Waals surface area contributed by atoms with Crippen LogP contribution >= 0.6 is 0 Å². The molecular weight excluding hydrogens is 454 g/mol. The van der Waals surface area contributed by atoms with Gasteiger partial charge in [0.05, 0.1) is 16.5 Å². The van der Waals surface area contributed by atoms with Gasteiger partial charge in [-0.3, -0.25) is 14.4 Å². The SMILES string of the molecule is Cc1cccc(NS(=O)(=O)c2ccc(C)c(C(=O)OCC(=O)N(CC#N)c3ccccc3)c2)c1. The molecule has 0 aromatic heterocycles. The lowest BCUT2D eigenvalue weighted by molar-refractivity contribution is -0.121. The number of aryl methyl sites for hydroxylation is 2. The summed E-state index contributed by atoms with van der Waals surface area (Å²) in [4.78, 5) is 26.4. The van der Waals surface area contributed by atoms with Gasteiger partial charge >= 0.3 is 5.97 Å². The van der Waals surface area contributed by atoms with E-state index in [1.165, 1.54) is 23.1 Å². The van der Waals surface area contributed by atoms with Crippen molar-refractivity contribution in [1.82, 2.24) is 0 Å². The van der Waals surface area contributed by atoms with Crippen molar-refractivity contribution in [3.05, 3.63) is 89.5 Å². The molecule has 0 saturated heterocycles. The maximum Gasteiger partial charge on any atom is 0.338 e. The zero-order valence-electron chi connectivity index (χ0n) is 18.7. The van der Waals surface area contributed by atoms with Gasteiger partial charge in [0.1, 0.15) is 6.54 Å². The number of para-hydroxylation sites is 1. The number of carbonyl (C=O) groups is 2. The van der Waals surface area contributed by atoms with Crippen LogP contribution in [-0.2, 0) is 19.6 Å². The number of rotatable bonds is 8. The molecule has 0 aliphatic rings. The number of carbonyl (C=O) groups excluding carboxylic acids is 2. The van der Waals surface area contributed by atoms with Gasteiger partial charge in [-0.25, -0.2) is 13.2 Å². The van der Waals surface area contributed by atoms with Crippen LogP contribution in [0.15, 0.2) is 77.7 Å². The van der Waals surface area contributed by atoms with E-state index in [-0.39, 0.29) is 17.0 Å². The van der Waals surface area contributed by atoms with E-state index in [0.29, 0.717) is 16.9 Å². The molecule has 0 spiro atoms. The normalized spacial score (nSPS) is 10.7. The summed E-state index contributed by atoms with van der Waals surface area (Å²) in [5, 5.41) is 9.05. The number of esters is 1. The minimum Gasteiger partial charge on any atom is -0.452 e. The average Bonchev–Trinajstić information content (AvgIpc) is 2.81. The largest absolute Gasteiger partial charge is 0.452 e. The molecule has 0 aliphatic heterocycles. The Morgan fingerprint density at radius 2 is 1.74 bits per heavy atom. The fourth-order valence-electron chi connectivity index (χ4n) is 3.20. The molecule has 8 nitrogen and oxygen atoms in total. The molecule has 1 amide bonds. The third-order valence-corrected chi connectivity index (χ3v) is 6.31. The maximum atomic E-state index is 12.8. The fourth-order valence-corrected chi connectivity index (χ4v) is 4.27. The van der Waals surface area contributed by atoms with E-state index in [1.54, 1.807) is 55.5 Å². The first-order valence-electron chi connectivity index (χ1n) is 10.3. The van der Waals surface area contributed by atoms with Gasteiger partial charge in [-0.2, -0.15) is 5.26 Å². The number of hydrogen-bond donors (Lipinski definition) is 1. The van der Waals surface area contributed by atoms with E-state index in [2.05, 4.69) is 4.72 Å². The minimum absolute atomic E-state index is 0.0199. The highest BCUT2D eigenvalue weighted by Gasteiger charge is 2.21. The molecule has 1 N–H and O–H groups in total. The van der Waals surface area contributed by atoms with E-state index in [9.17, 15) is 18.0 Å². The van der Waals surface area contributed by atoms with Crippen LogP contribution in [0.5, 0.6) is 0 Å². The van der Waals surface area contributed by atoms with Crippen LogP contribution in [0.4, 0.5) is 11.4 Å². The van der Waals surface area contributed by atoms with Crippen LogP contribution < -0.4 is 9.62 Å². The second kappa shape index (κ2) is 10.6. The highest BCUT2D eigenvalue weighted by molar-refractivity contribution is 7.92. The van der Waals surface area contributed by atoms with E-state index >= 15 is 0 Å². The van der Waals surface area contributed by atoms with Crippen molar-refractivity contribution in [2.45, 2.75) is 18.7 Å². The van der Waals surface area contributed by atoms with Gasteiger partial charge in [0.2, 0.25) is 0 Å². The standard InChI is InChI=1S/C25H23N3O5S/c1-18-7-6-8-20(15-18)27-34(31,32)22-12-11-19(2)23(16-22)25(30)33-17-24(29)28(14-13-26)21-9-4-3-5-10-21/h3-12,15-16,27H,14,17H2,1-2H3. The summed E-state index contributed by atoms with van der Waals surface area (Å²) < 4.78 is 33.3. The Kier molecular flexibility index (Phi) is 7.66. The predicted molar refractivity (Wildman–Crippen MR) is 128 cm³/mol. The first-order chi connectivity index (χ1) is 16.2. The number of sulfonamides is 1. The van der Waals surface area contributed by atoms with Gasteiger partial charge in [-0.1, -0.05) is 36.4 Å². The third kappa shape index (κ3) is 5.99. The lowest BCUT2D eigenvalue weighted by Crippen LogP contribution is -2.35. The van der Waals surface area contributed by atoms with Gasteiger partial charge in [0.25, 0.3) is 15.9 Å². The summed E-state index contributed by atoms with van der Waals surface area (Å²) in [7, 11) is -3.96.